The Labute approximate surface area is 132 Å². The van der Waals surface area contributed by atoms with E-state index in [9.17, 15) is 5.11 Å². The molecule has 4 heteroatoms. The van der Waals surface area contributed by atoms with Crippen LogP contribution in [0, 0.1) is 0 Å². The SMILES string of the molecule is COCCCCC(O)C=Cc1ccc(Cn2ccnc2)cc1. The second-order valence-corrected chi connectivity index (χ2v) is 5.39. The monoisotopic (exact) mass is 300 g/mol. The van der Waals surface area contributed by atoms with Crippen molar-refractivity contribution in [2.75, 3.05) is 13.7 Å². The van der Waals surface area contributed by atoms with Crippen molar-refractivity contribution in [2.45, 2.75) is 31.9 Å². The smallest absolute Gasteiger partial charge is 0.0949 e. The number of aliphatic hydroxyl groups is 1. The highest BCUT2D eigenvalue weighted by atomic mass is 16.5. The summed E-state index contributed by atoms with van der Waals surface area (Å²) in [7, 11) is 1.70. The number of ether oxygens (including phenoxy) is 1. The molecular weight excluding hydrogens is 276 g/mol. The van der Waals surface area contributed by atoms with E-state index < -0.39 is 0 Å². The molecule has 1 heterocycles. The largest absolute Gasteiger partial charge is 0.389 e. The van der Waals surface area contributed by atoms with E-state index in [1.165, 1.54) is 5.56 Å². The molecule has 0 aliphatic rings. The fourth-order valence-corrected chi connectivity index (χ4v) is 2.24. The van der Waals surface area contributed by atoms with Gasteiger partial charge in [0.1, 0.15) is 0 Å². The summed E-state index contributed by atoms with van der Waals surface area (Å²) in [4.78, 5) is 4.04. The first-order valence-electron chi connectivity index (χ1n) is 7.68. The average Bonchev–Trinajstić information content (AvgIpc) is 3.04. The van der Waals surface area contributed by atoms with Crippen LogP contribution in [-0.4, -0.2) is 34.5 Å². The molecular formula is C18H24N2O2. The number of hydrogen-bond acceptors (Lipinski definition) is 3. The zero-order chi connectivity index (χ0) is 15.6. The maximum absolute atomic E-state index is 9.90. The van der Waals surface area contributed by atoms with Crippen molar-refractivity contribution < 1.29 is 9.84 Å². The van der Waals surface area contributed by atoms with E-state index in [0.717, 1.165) is 38.0 Å². The normalized spacial score (nSPS) is 12.8. The minimum atomic E-state index is -0.387. The summed E-state index contributed by atoms with van der Waals surface area (Å²) >= 11 is 0. The first-order valence-corrected chi connectivity index (χ1v) is 7.68. The Morgan fingerprint density at radius 3 is 2.77 bits per heavy atom. The molecule has 1 N–H and O–H groups in total. The van der Waals surface area contributed by atoms with Gasteiger partial charge in [-0.05, 0) is 30.4 Å². The Kier molecular flexibility index (Phi) is 6.87. The first kappa shape index (κ1) is 16.5. The van der Waals surface area contributed by atoms with Crippen molar-refractivity contribution in [3.63, 3.8) is 0 Å². The van der Waals surface area contributed by atoms with E-state index in [-0.39, 0.29) is 6.10 Å². The highest BCUT2D eigenvalue weighted by Gasteiger charge is 1.99. The summed E-state index contributed by atoms with van der Waals surface area (Å²) < 4.78 is 7.03. The molecule has 0 bridgehead atoms. The lowest BCUT2D eigenvalue weighted by molar-refractivity contribution is 0.176. The van der Waals surface area contributed by atoms with Gasteiger partial charge in [0.15, 0.2) is 0 Å². The summed E-state index contributed by atoms with van der Waals surface area (Å²) in [6.45, 7) is 1.58. The van der Waals surface area contributed by atoms with Crippen LogP contribution in [0.4, 0.5) is 0 Å². The molecule has 4 nitrogen and oxygen atoms in total. The number of aromatic nitrogens is 2. The third kappa shape index (κ3) is 5.84. The molecule has 1 aromatic heterocycles. The van der Waals surface area contributed by atoms with Gasteiger partial charge in [0.2, 0.25) is 0 Å². The lowest BCUT2D eigenvalue weighted by Gasteiger charge is -2.05. The number of unbranched alkanes of at least 4 members (excludes halogenated alkanes) is 1. The number of rotatable bonds is 9. The first-order chi connectivity index (χ1) is 10.8. The molecule has 1 aromatic carbocycles. The third-order valence-electron chi connectivity index (χ3n) is 3.51. The number of benzene rings is 1. The molecule has 0 saturated heterocycles. The number of methoxy groups -OCH3 is 1. The summed E-state index contributed by atoms with van der Waals surface area (Å²) in [6, 6.07) is 8.34. The van der Waals surface area contributed by atoms with E-state index in [4.69, 9.17) is 4.74 Å². The minimum absolute atomic E-state index is 0.387. The Hall–Kier alpha value is -1.91. The maximum atomic E-state index is 9.90. The van der Waals surface area contributed by atoms with Crippen molar-refractivity contribution in [3.05, 3.63) is 60.2 Å². The van der Waals surface area contributed by atoms with Gasteiger partial charge in [-0.2, -0.15) is 0 Å². The summed E-state index contributed by atoms with van der Waals surface area (Å²) in [5, 5.41) is 9.90. The lowest BCUT2D eigenvalue weighted by atomic mass is 10.1. The van der Waals surface area contributed by atoms with Crippen molar-refractivity contribution in [1.82, 2.24) is 9.55 Å². The molecule has 22 heavy (non-hydrogen) atoms. The predicted octanol–water partition coefficient (Wildman–Crippen LogP) is 3.12. The second-order valence-electron chi connectivity index (χ2n) is 5.39. The molecule has 2 rings (SSSR count). The fourth-order valence-electron chi connectivity index (χ4n) is 2.24. The van der Waals surface area contributed by atoms with Crippen molar-refractivity contribution in [3.8, 4) is 0 Å². The van der Waals surface area contributed by atoms with E-state index in [1.807, 2.05) is 29.2 Å². The Bertz CT molecular complexity index is 547. The molecule has 0 saturated carbocycles. The van der Waals surface area contributed by atoms with Crippen molar-refractivity contribution >= 4 is 6.08 Å². The summed E-state index contributed by atoms with van der Waals surface area (Å²) in [6.07, 6.45) is 11.7. The molecule has 0 fully saturated rings. The Morgan fingerprint density at radius 1 is 1.27 bits per heavy atom. The van der Waals surface area contributed by atoms with Gasteiger partial charge in [0, 0.05) is 32.7 Å². The zero-order valence-corrected chi connectivity index (χ0v) is 13.1. The quantitative estimate of drug-likeness (QED) is 0.724. The Balaban J connectivity index is 1.79. The molecule has 0 aliphatic heterocycles. The van der Waals surface area contributed by atoms with Gasteiger partial charge < -0.3 is 14.4 Å². The summed E-state index contributed by atoms with van der Waals surface area (Å²) in [5.74, 6) is 0. The fraction of sp³-hybridized carbons (Fsp3) is 0.389. The number of aliphatic hydroxyl groups excluding tert-OH is 1. The predicted molar refractivity (Wildman–Crippen MR) is 88.5 cm³/mol. The van der Waals surface area contributed by atoms with Crippen LogP contribution in [0.2, 0.25) is 0 Å². The molecule has 1 unspecified atom stereocenters. The van der Waals surface area contributed by atoms with Gasteiger partial charge in [-0.3, -0.25) is 0 Å². The average molecular weight is 300 g/mol. The molecule has 0 aliphatic carbocycles. The Morgan fingerprint density at radius 2 is 2.09 bits per heavy atom. The van der Waals surface area contributed by atoms with E-state index >= 15 is 0 Å². The van der Waals surface area contributed by atoms with Gasteiger partial charge in [-0.1, -0.05) is 36.4 Å². The molecule has 0 radical (unpaired) electrons. The van der Waals surface area contributed by atoms with Gasteiger partial charge in [0.25, 0.3) is 0 Å². The van der Waals surface area contributed by atoms with Crippen LogP contribution < -0.4 is 0 Å². The topological polar surface area (TPSA) is 47.3 Å². The number of imidazole rings is 1. The maximum Gasteiger partial charge on any atom is 0.0949 e. The van der Waals surface area contributed by atoms with Crippen molar-refractivity contribution in [1.29, 1.82) is 0 Å². The summed E-state index contributed by atoms with van der Waals surface area (Å²) in [5.41, 5.74) is 2.33. The second kappa shape index (κ2) is 9.18. The third-order valence-corrected chi connectivity index (χ3v) is 3.51. The van der Waals surface area contributed by atoms with Crippen LogP contribution in [0.3, 0.4) is 0 Å². The van der Waals surface area contributed by atoms with Gasteiger partial charge in [-0.25, -0.2) is 4.98 Å². The van der Waals surface area contributed by atoms with Gasteiger partial charge in [-0.15, -0.1) is 0 Å². The van der Waals surface area contributed by atoms with E-state index in [0.29, 0.717) is 0 Å². The van der Waals surface area contributed by atoms with E-state index in [1.54, 1.807) is 13.3 Å². The molecule has 0 amide bonds. The van der Waals surface area contributed by atoms with E-state index in [2.05, 4.69) is 29.2 Å². The molecule has 1 atom stereocenters. The zero-order valence-electron chi connectivity index (χ0n) is 13.1. The van der Waals surface area contributed by atoms with Crippen molar-refractivity contribution in [2.24, 2.45) is 0 Å². The van der Waals surface area contributed by atoms with Crippen LogP contribution in [0.15, 0.2) is 49.1 Å². The van der Waals surface area contributed by atoms with Crippen LogP contribution >= 0.6 is 0 Å². The van der Waals surface area contributed by atoms with Crippen LogP contribution in [0.25, 0.3) is 6.08 Å². The number of hydrogen-bond donors (Lipinski definition) is 1. The lowest BCUT2D eigenvalue weighted by Crippen LogP contribution is -2.02. The molecule has 2 aromatic rings. The molecule has 0 spiro atoms. The van der Waals surface area contributed by atoms with Crippen LogP contribution in [-0.2, 0) is 11.3 Å². The minimum Gasteiger partial charge on any atom is -0.389 e. The highest BCUT2D eigenvalue weighted by molar-refractivity contribution is 5.50. The highest BCUT2D eigenvalue weighted by Crippen LogP contribution is 2.10. The molecule has 118 valence electrons. The standard InChI is InChI=1S/C18H24N2O2/c1-22-13-3-2-4-18(21)10-9-16-5-7-17(8-6-16)14-20-12-11-19-15-20/h5-12,15,18,21H,2-4,13-14H2,1H3. The van der Waals surface area contributed by atoms with Crippen LogP contribution in [0.5, 0.6) is 0 Å². The number of nitrogens with zero attached hydrogens (tertiary/aromatic N) is 2. The van der Waals surface area contributed by atoms with Gasteiger partial charge >= 0.3 is 0 Å². The van der Waals surface area contributed by atoms with Gasteiger partial charge in [0.05, 0.1) is 12.4 Å². The van der Waals surface area contributed by atoms with Crippen LogP contribution in [0.1, 0.15) is 30.4 Å².